The number of nitrogens with zero attached hydrogens (tertiary/aromatic N) is 2. The molecular formula is C13H18N2O3. The molecule has 0 saturated heterocycles. The van der Waals surface area contributed by atoms with Crippen LogP contribution in [-0.4, -0.2) is 14.9 Å². The molecule has 1 aromatic heterocycles. The molecule has 1 heterocycles. The van der Waals surface area contributed by atoms with E-state index in [9.17, 15) is 14.4 Å². The van der Waals surface area contributed by atoms with Gasteiger partial charge in [-0.1, -0.05) is 19.3 Å². The van der Waals surface area contributed by atoms with Gasteiger partial charge in [0.05, 0.1) is 5.56 Å². The Kier molecular flexibility index (Phi) is 3.50. The van der Waals surface area contributed by atoms with Gasteiger partial charge in [0.25, 0.3) is 5.56 Å². The minimum atomic E-state index is -0.478. The summed E-state index contributed by atoms with van der Waals surface area (Å²) in [5.74, 6) is -0.158. The number of Topliss-reactive ketones (excluding diaryl/α,β-unsaturated/α-hetero) is 1. The number of aromatic nitrogens is 2. The molecule has 18 heavy (non-hydrogen) atoms. The molecule has 0 spiro atoms. The van der Waals surface area contributed by atoms with Crippen LogP contribution in [0.5, 0.6) is 0 Å². The highest BCUT2D eigenvalue weighted by Gasteiger charge is 2.25. The normalized spacial score (nSPS) is 16.8. The fourth-order valence-electron chi connectivity index (χ4n) is 2.56. The third-order valence-electron chi connectivity index (χ3n) is 3.69. The maximum Gasteiger partial charge on any atom is 0.330 e. The van der Waals surface area contributed by atoms with Gasteiger partial charge in [-0.05, 0) is 12.8 Å². The quantitative estimate of drug-likeness (QED) is 0.731. The summed E-state index contributed by atoms with van der Waals surface area (Å²) >= 11 is 0. The Labute approximate surface area is 105 Å². The van der Waals surface area contributed by atoms with E-state index >= 15 is 0 Å². The number of carbonyl (C=O) groups is 1. The van der Waals surface area contributed by atoms with Crippen LogP contribution in [0.1, 0.15) is 42.5 Å². The van der Waals surface area contributed by atoms with Gasteiger partial charge in [-0.2, -0.15) is 0 Å². The van der Waals surface area contributed by atoms with E-state index in [4.69, 9.17) is 0 Å². The van der Waals surface area contributed by atoms with E-state index in [-0.39, 0.29) is 17.3 Å². The summed E-state index contributed by atoms with van der Waals surface area (Å²) in [7, 11) is 2.96. The Bertz CT molecular complexity index is 577. The maximum absolute atomic E-state index is 12.3. The molecule has 1 aromatic rings. The van der Waals surface area contributed by atoms with E-state index in [2.05, 4.69) is 0 Å². The Morgan fingerprint density at radius 3 is 2.39 bits per heavy atom. The average molecular weight is 250 g/mol. The number of rotatable bonds is 2. The molecule has 2 rings (SSSR count). The van der Waals surface area contributed by atoms with E-state index in [1.54, 1.807) is 7.05 Å². The lowest BCUT2D eigenvalue weighted by Gasteiger charge is -2.20. The number of hydrogen-bond acceptors (Lipinski definition) is 3. The summed E-state index contributed by atoms with van der Waals surface area (Å²) in [4.78, 5) is 35.8. The predicted octanol–water partition coefficient (Wildman–Crippen LogP) is 0.847. The van der Waals surface area contributed by atoms with Crippen molar-refractivity contribution in [2.75, 3.05) is 0 Å². The summed E-state index contributed by atoms with van der Waals surface area (Å²) in [6, 6.07) is 0. The molecule has 0 unspecified atom stereocenters. The van der Waals surface area contributed by atoms with Crippen LogP contribution in [0.4, 0.5) is 0 Å². The van der Waals surface area contributed by atoms with Crippen molar-refractivity contribution in [2.24, 2.45) is 20.0 Å². The molecule has 0 radical (unpaired) electrons. The standard InChI is InChI=1S/C13H18N2O3/c1-14-8-10(12(17)15(2)13(14)18)11(16)9-6-4-3-5-7-9/h8-9H,3-7H2,1-2H3. The summed E-state index contributed by atoms with van der Waals surface area (Å²) in [5, 5.41) is 0. The van der Waals surface area contributed by atoms with Gasteiger partial charge in [0, 0.05) is 26.2 Å². The Morgan fingerprint density at radius 1 is 1.17 bits per heavy atom. The topological polar surface area (TPSA) is 61.1 Å². The van der Waals surface area contributed by atoms with Gasteiger partial charge in [-0.25, -0.2) is 4.79 Å². The zero-order valence-corrected chi connectivity index (χ0v) is 10.8. The highest BCUT2D eigenvalue weighted by Crippen LogP contribution is 2.25. The van der Waals surface area contributed by atoms with Crippen molar-refractivity contribution in [1.82, 2.24) is 9.13 Å². The van der Waals surface area contributed by atoms with E-state index in [0.29, 0.717) is 0 Å². The second-order valence-electron chi connectivity index (χ2n) is 5.00. The Hall–Kier alpha value is -1.65. The van der Waals surface area contributed by atoms with Gasteiger partial charge < -0.3 is 4.57 Å². The summed E-state index contributed by atoms with van der Waals surface area (Å²) < 4.78 is 2.29. The van der Waals surface area contributed by atoms with E-state index in [1.165, 1.54) is 17.8 Å². The largest absolute Gasteiger partial charge is 0.330 e. The van der Waals surface area contributed by atoms with Crippen molar-refractivity contribution in [3.8, 4) is 0 Å². The third-order valence-corrected chi connectivity index (χ3v) is 3.69. The second kappa shape index (κ2) is 4.92. The third kappa shape index (κ3) is 2.17. The lowest BCUT2D eigenvalue weighted by Crippen LogP contribution is -2.40. The highest BCUT2D eigenvalue weighted by atomic mass is 16.2. The molecule has 1 fully saturated rings. The van der Waals surface area contributed by atoms with E-state index in [1.807, 2.05) is 0 Å². The zero-order valence-electron chi connectivity index (χ0n) is 10.8. The van der Waals surface area contributed by atoms with Crippen LogP contribution >= 0.6 is 0 Å². The predicted molar refractivity (Wildman–Crippen MR) is 67.8 cm³/mol. The average Bonchev–Trinajstić information content (AvgIpc) is 2.41. The van der Waals surface area contributed by atoms with Crippen molar-refractivity contribution in [2.45, 2.75) is 32.1 Å². The molecule has 1 aliphatic rings. The lowest BCUT2D eigenvalue weighted by atomic mass is 9.84. The minimum Gasteiger partial charge on any atom is -0.303 e. The fraction of sp³-hybridized carbons (Fsp3) is 0.615. The fourth-order valence-corrected chi connectivity index (χ4v) is 2.56. The van der Waals surface area contributed by atoms with Crippen molar-refractivity contribution >= 4 is 5.78 Å². The SMILES string of the molecule is Cn1cc(C(=O)C2CCCCC2)c(=O)n(C)c1=O. The highest BCUT2D eigenvalue weighted by molar-refractivity contribution is 5.97. The second-order valence-corrected chi connectivity index (χ2v) is 5.00. The first-order valence-corrected chi connectivity index (χ1v) is 6.33. The van der Waals surface area contributed by atoms with Gasteiger partial charge in [0.1, 0.15) is 0 Å². The van der Waals surface area contributed by atoms with Gasteiger partial charge >= 0.3 is 5.69 Å². The lowest BCUT2D eigenvalue weighted by molar-refractivity contribution is 0.0886. The molecule has 0 N–H and O–H groups in total. The molecule has 1 aliphatic carbocycles. The van der Waals surface area contributed by atoms with Crippen molar-refractivity contribution in [3.63, 3.8) is 0 Å². The molecule has 5 heteroatoms. The first kappa shape index (κ1) is 12.8. The van der Waals surface area contributed by atoms with Crippen LogP contribution in [0, 0.1) is 5.92 Å². The minimum absolute atomic E-state index is 0.0519. The molecule has 0 amide bonds. The van der Waals surface area contributed by atoms with E-state index in [0.717, 1.165) is 36.7 Å². The summed E-state index contributed by atoms with van der Waals surface area (Å²) in [5.41, 5.74) is -0.736. The first-order chi connectivity index (χ1) is 8.52. The summed E-state index contributed by atoms with van der Waals surface area (Å²) in [6.07, 6.45) is 6.33. The van der Waals surface area contributed by atoms with Crippen LogP contribution in [0.25, 0.3) is 0 Å². The number of ketones is 1. The Morgan fingerprint density at radius 2 is 1.78 bits per heavy atom. The van der Waals surface area contributed by atoms with Crippen LogP contribution < -0.4 is 11.2 Å². The zero-order chi connectivity index (χ0) is 13.3. The molecular weight excluding hydrogens is 232 g/mol. The van der Waals surface area contributed by atoms with Crippen molar-refractivity contribution < 1.29 is 4.79 Å². The molecule has 5 nitrogen and oxygen atoms in total. The molecule has 0 aliphatic heterocycles. The number of hydrogen-bond donors (Lipinski definition) is 0. The van der Waals surface area contributed by atoms with Gasteiger partial charge in [0.15, 0.2) is 5.78 Å². The number of aryl methyl sites for hydroxylation is 1. The maximum atomic E-state index is 12.3. The molecule has 1 saturated carbocycles. The first-order valence-electron chi connectivity index (χ1n) is 6.33. The van der Waals surface area contributed by atoms with E-state index < -0.39 is 11.2 Å². The monoisotopic (exact) mass is 250 g/mol. The van der Waals surface area contributed by atoms with Crippen LogP contribution in [0.2, 0.25) is 0 Å². The smallest absolute Gasteiger partial charge is 0.303 e. The van der Waals surface area contributed by atoms with Crippen LogP contribution in [0.15, 0.2) is 15.8 Å². The summed E-state index contributed by atoms with van der Waals surface area (Å²) in [6.45, 7) is 0. The van der Waals surface area contributed by atoms with Crippen molar-refractivity contribution in [1.29, 1.82) is 0 Å². The molecule has 98 valence electrons. The van der Waals surface area contributed by atoms with Gasteiger partial charge in [-0.3, -0.25) is 14.2 Å². The van der Waals surface area contributed by atoms with Gasteiger partial charge in [0.2, 0.25) is 0 Å². The molecule has 0 bridgehead atoms. The van der Waals surface area contributed by atoms with Crippen molar-refractivity contribution in [3.05, 3.63) is 32.6 Å². The molecule has 0 aromatic carbocycles. The molecule has 0 atom stereocenters. The van der Waals surface area contributed by atoms with Crippen LogP contribution in [-0.2, 0) is 14.1 Å². The van der Waals surface area contributed by atoms with Gasteiger partial charge in [-0.15, -0.1) is 0 Å². The number of carbonyl (C=O) groups excluding carboxylic acids is 1. The Balaban J connectivity index is 2.42. The van der Waals surface area contributed by atoms with Crippen LogP contribution in [0.3, 0.4) is 0 Å².